The van der Waals surface area contributed by atoms with Crippen LogP contribution in [0.4, 0.5) is 13.2 Å². The Labute approximate surface area is 116 Å². The molecule has 7 heteroatoms. The zero-order valence-corrected chi connectivity index (χ0v) is 10.7. The summed E-state index contributed by atoms with van der Waals surface area (Å²) in [5.74, 6) is -0.405. The van der Waals surface area contributed by atoms with Gasteiger partial charge in [-0.05, 0) is 30.3 Å². The van der Waals surface area contributed by atoms with E-state index in [4.69, 9.17) is 23.2 Å². The maximum Gasteiger partial charge on any atom is 0.433 e. The highest BCUT2D eigenvalue weighted by Crippen LogP contribution is 2.37. The highest BCUT2D eigenvalue weighted by molar-refractivity contribution is 6.35. The average Bonchev–Trinajstić information content (AvgIpc) is 2.32. The summed E-state index contributed by atoms with van der Waals surface area (Å²) in [7, 11) is 0. The summed E-state index contributed by atoms with van der Waals surface area (Å²) in [6.45, 7) is 0. The molecule has 0 saturated heterocycles. The number of halogens is 5. The zero-order chi connectivity index (χ0) is 14.2. The van der Waals surface area contributed by atoms with Crippen LogP contribution in [0.25, 0.3) is 11.3 Å². The molecule has 0 atom stereocenters. The molecule has 2 rings (SSSR count). The lowest BCUT2D eigenvalue weighted by Gasteiger charge is -2.10. The predicted molar refractivity (Wildman–Crippen MR) is 66.4 cm³/mol. The summed E-state index contributed by atoms with van der Waals surface area (Å²) in [6, 6.07) is 5.85. The molecule has 0 aliphatic rings. The molecule has 1 heterocycles. The topological polar surface area (TPSA) is 33.1 Å². The van der Waals surface area contributed by atoms with Crippen molar-refractivity contribution >= 4 is 23.2 Å². The molecule has 0 aliphatic carbocycles. The number of nitrogens with zero attached hydrogens (tertiary/aromatic N) is 1. The number of benzene rings is 1. The summed E-state index contributed by atoms with van der Waals surface area (Å²) in [5, 5.41) is 10.1. The number of aromatic nitrogens is 1. The summed E-state index contributed by atoms with van der Waals surface area (Å²) in [5.41, 5.74) is -1.24. The third-order valence-corrected chi connectivity index (χ3v) is 2.91. The van der Waals surface area contributed by atoms with E-state index in [9.17, 15) is 18.3 Å². The zero-order valence-electron chi connectivity index (χ0n) is 9.17. The molecule has 0 unspecified atom stereocenters. The first-order valence-corrected chi connectivity index (χ1v) is 5.77. The Kier molecular flexibility index (Phi) is 3.60. The van der Waals surface area contributed by atoms with Crippen molar-refractivity contribution in [1.82, 2.24) is 4.98 Å². The largest absolute Gasteiger partial charge is 0.506 e. The third-order valence-electron chi connectivity index (χ3n) is 2.35. The van der Waals surface area contributed by atoms with E-state index >= 15 is 0 Å². The molecule has 19 heavy (non-hydrogen) atoms. The normalized spacial score (nSPS) is 11.6. The lowest BCUT2D eigenvalue weighted by Crippen LogP contribution is -2.08. The van der Waals surface area contributed by atoms with Crippen molar-refractivity contribution in [2.24, 2.45) is 0 Å². The maximum atomic E-state index is 12.6. The highest BCUT2D eigenvalue weighted by Gasteiger charge is 2.33. The van der Waals surface area contributed by atoms with Gasteiger partial charge in [0, 0.05) is 10.6 Å². The monoisotopic (exact) mass is 307 g/mol. The minimum Gasteiger partial charge on any atom is -0.506 e. The number of pyridine rings is 1. The van der Waals surface area contributed by atoms with Gasteiger partial charge < -0.3 is 5.11 Å². The van der Waals surface area contributed by atoms with Crippen LogP contribution < -0.4 is 0 Å². The fraction of sp³-hybridized carbons (Fsp3) is 0.0833. The van der Waals surface area contributed by atoms with E-state index in [-0.39, 0.29) is 21.3 Å². The summed E-state index contributed by atoms with van der Waals surface area (Å²) in [6.07, 6.45) is -4.60. The van der Waals surface area contributed by atoms with Crippen molar-refractivity contribution in [2.75, 3.05) is 0 Å². The van der Waals surface area contributed by atoms with Crippen LogP contribution in [0, 0.1) is 0 Å². The molecule has 2 nitrogen and oxygen atoms in total. The number of rotatable bonds is 1. The van der Waals surface area contributed by atoms with E-state index < -0.39 is 17.6 Å². The van der Waals surface area contributed by atoms with Crippen LogP contribution in [-0.2, 0) is 6.18 Å². The predicted octanol–water partition coefficient (Wildman–Crippen LogP) is 4.78. The fourth-order valence-corrected chi connectivity index (χ4v) is 1.87. The summed E-state index contributed by atoms with van der Waals surface area (Å²) in [4.78, 5) is 3.40. The molecule has 0 aliphatic heterocycles. The van der Waals surface area contributed by atoms with Crippen LogP contribution in [0.15, 0.2) is 30.3 Å². The average molecular weight is 308 g/mol. The molecule has 100 valence electrons. The van der Waals surface area contributed by atoms with Crippen LogP contribution in [0.2, 0.25) is 10.0 Å². The second-order valence-corrected chi connectivity index (χ2v) is 4.53. The van der Waals surface area contributed by atoms with Crippen molar-refractivity contribution in [3.63, 3.8) is 0 Å². The second kappa shape index (κ2) is 4.90. The van der Waals surface area contributed by atoms with Gasteiger partial charge in [0.15, 0.2) is 0 Å². The van der Waals surface area contributed by atoms with Crippen molar-refractivity contribution in [3.05, 3.63) is 46.1 Å². The van der Waals surface area contributed by atoms with Crippen LogP contribution in [0.5, 0.6) is 5.75 Å². The van der Waals surface area contributed by atoms with Crippen molar-refractivity contribution in [2.45, 2.75) is 6.18 Å². The lowest BCUT2D eigenvalue weighted by atomic mass is 10.1. The molecular formula is C12H6Cl2F3NO. The van der Waals surface area contributed by atoms with Gasteiger partial charge in [-0.3, -0.25) is 0 Å². The van der Waals surface area contributed by atoms with Crippen LogP contribution in [0.1, 0.15) is 5.69 Å². The van der Waals surface area contributed by atoms with Gasteiger partial charge in [0.05, 0.1) is 5.02 Å². The first-order chi connectivity index (χ1) is 8.79. The molecular weight excluding hydrogens is 302 g/mol. The van der Waals surface area contributed by atoms with E-state index in [0.717, 1.165) is 6.07 Å². The van der Waals surface area contributed by atoms with E-state index in [0.29, 0.717) is 6.07 Å². The Bertz CT molecular complexity index is 629. The van der Waals surface area contributed by atoms with E-state index in [1.54, 1.807) is 0 Å². The Hall–Kier alpha value is -1.46. The molecule has 0 radical (unpaired) electrons. The second-order valence-electron chi connectivity index (χ2n) is 3.69. The first-order valence-electron chi connectivity index (χ1n) is 5.01. The van der Waals surface area contributed by atoms with Gasteiger partial charge in [-0.15, -0.1) is 0 Å². The molecule has 1 aromatic heterocycles. The highest BCUT2D eigenvalue weighted by atomic mass is 35.5. The first kappa shape index (κ1) is 14.0. The van der Waals surface area contributed by atoms with Gasteiger partial charge in [-0.1, -0.05) is 23.2 Å². The fourth-order valence-electron chi connectivity index (χ4n) is 1.49. The van der Waals surface area contributed by atoms with Gasteiger partial charge >= 0.3 is 6.18 Å². The molecule has 0 spiro atoms. The standard InChI is InChI=1S/C12H6Cl2F3NO/c13-6-1-2-8(14)7(5-6)11-9(19)3-4-10(18-11)12(15,16)17/h1-5,19H. The molecule has 0 bridgehead atoms. The van der Waals surface area contributed by atoms with Crippen LogP contribution in [0.3, 0.4) is 0 Å². The van der Waals surface area contributed by atoms with Gasteiger partial charge in [0.2, 0.25) is 0 Å². The quantitative estimate of drug-likeness (QED) is 0.822. The summed E-state index contributed by atoms with van der Waals surface area (Å²) < 4.78 is 37.8. The number of hydrogen-bond donors (Lipinski definition) is 1. The molecule has 0 amide bonds. The van der Waals surface area contributed by atoms with Crippen molar-refractivity contribution in [3.8, 4) is 17.0 Å². The molecule has 0 saturated carbocycles. The molecule has 0 fully saturated rings. The molecule has 1 N–H and O–H groups in total. The van der Waals surface area contributed by atoms with Gasteiger partial charge in [0.1, 0.15) is 17.1 Å². The van der Waals surface area contributed by atoms with E-state index in [2.05, 4.69) is 4.98 Å². The van der Waals surface area contributed by atoms with E-state index in [1.807, 2.05) is 0 Å². The van der Waals surface area contributed by atoms with Gasteiger partial charge in [-0.2, -0.15) is 13.2 Å². The number of aromatic hydroxyl groups is 1. The Morgan fingerprint density at radius 2 is 1.74 bits per heavy atom. The smallest absolute Gasteiger partial charge is 0.433 e. The number of hydrogen-bond acceptors (Lipinski definition) is 2. The van der Waals surface area contributed by atoms with Crippen molar-refractivity contribution in [1.29, 1.82) is 0 Å². The van der Waals surface area contributed by atoms with Crippen LogP contribution in [-0.4, -0.2) is 10.1 Å². The van der Waals surface area contributed by atoms with Gasteiger partial charge in [0.25, 0.3) is 0 Å². The van der Waals surface area contributed by atoms with Gasteiger partial charge in [-0.25, -0.2) is 4.98 Å². The minimum absolute atomic E-state index is 0.137. The molecule has 1 aromatic carbocycles. The lowest BCUT2D eigenvalue weighted by molar-refractivity contribution is -0.141. The Morgan fingerprint density at radius 3 is 2.37 bits per heavy atom. The number of alkyl halides is 3. The van der Waals surface area contributed by atoms with E-state index in [1.165, 1.54) is 18.2 Å². The maximum absolute atomic E-state index is 12.6. The van der Waals surface area contributed by atoms with Crippen LogP contribution >= 0.6 is 23.2 Å². The van der Waals surface area contributed by atoms with Crippen molar-refractivity contribution < 1.29 is 18.3 Å². The Morgan fingerprint density at radius 1 is 1.05 bits per heavy atom. The third kappa shape index (κ3) is 2.93. The Balaban J connectivity index is 2.64. The SMILES string of the molecule is Oc1ccc(C(F)(F)F)nc1-c1cc(Cl)ccc1Cl. The summed E-state index contributed by atoms with van der Waals surface area (Å²) >= 11 is 11.6. The minimum atomic E-state index is -4.60. The molecule has 2 aromatic rings.